The number of hydrogen-bond donors (Lipinski definition) is 1. The molecule has 1 N–H and O–H groups in total. The van der Waals surface area contributed by atoms with E-state index in [2.05, 4.69) is 11.4 Å². The van der Waals surface area contributed by atoms with Gasteiger partial charge >= 0.3 is 0 Å². The average molecular weight is 219 g/mol. The molecule has 1 aromatic rings. The van der Waals surface area contributed by atoms with E-state index in [0.29, 0.717) is 12.8 Å². The summed E-state index contributed by atoms with van der Waals surface area (Å²) in [6, 6.07) is 8.08. The van der Waals surface area contributed by atoms with E-state index in [1.165, 1.54) is 12.5 Å². The van der Waals surface area contributed by atoms with Gasteiger partial charge in [-0.1, -0.05) is 29.8 Å². The van der Waals surface area contributed by atoms with E-state index in [9.17, 15) is 9.59 Å². The van der Waals surface area contributed by atoms with Gasteiger partial charge in [0.1, 0.15) is 5.78 Å². The number of ketones is 1. The molecule has 1 amide bonds. The summed E-state index contributed by atoms with van der Waals surface area (Å²) in [4.78, 5) is 22.0. The first-order valence-corrected chi connectivity index (χ1v) is 5.39. The van der Waals surface area contributed by atoms with E-state index < -0.39 is 0 Å². The standard InChI is InChI=1S/C13H17NO2/c1-10-4-3-5-12(8-10)6-7-13(16)14-9-11(2)15/h3-5,8H,6-7,9H2,1-2H3,(H,14,16). The zero-order chi connectivity index (χ0) is 12.0. The van der Waals surface area contributed by atoms with Crippen molar-refractivity contribution in [1.29, 1.82) is 0 Å². The van der Waals surface area contributed by atoms with Crippen LogP contribution in [0.4, 0.5) is 0 Å². The minimum absolute atomic E-state index is 0.0242. The Bertz CT molecular complexity index is 385. The lowest BCUT2D eigenvalue weighted by molar-refractivity contribution is -0.124. The van der Waals surface area contributed by atoms with Gasteiger partial charge in [-0.15, -0.1) is 0 Å². The molecule has 86 valence electrons. The molecule has 1 rings (SSSR count). The molecule has 0 spiro atoms. The minimum atomic E-state index is -0.0725. The fraction of sp³-hybridized carbons (Fsp3) is 0.385. The molecule has 0 unspecified atom stereocenters. The third-order valence-corrected chi connectivity index (χ3v) is 2.26. The first kappa shape index (κ1) is 12.4. The van der Waals surface area contributed by atoms with Crippen LogP contribution in [0.25, 0.3) is 0 Å². The van der Waals surface area contributed by atoms with E-state index in [4.69, 9.17) is 0 Å². The monoisotopic (exact) mass is 219 g/mol. The van der Waals surface area contributed by atoms with Gasteiger partial charge in [-0.2, -0.15) is 0 Å². The Morgan fingerprint density at radius 3 is 2.69 bits per heavy atom. The third-order valence-electron chi connectivity index (χ3n) is 2.26. The molecule has 0 aromatic heterocycles. The van der Waals surface area contributed by atoms with E-state index in [0.717, 1.165) is 5.56 Å². The molecule has 0 saturated heterocycles. The normalized spacial score (nSPS) is 9.88. The lowest BCUT2D eigenvalue weighted by Crippen LogP contribution is -2.28. The number of carbonyl (C=O) groups is 2. The zero-order valence-electron chi connectivity index (χ0n) is 9.75. The van der Waals surface area contributed by atoms with Crippen LogP contribution < -0.4 is 5.32 Å². The number of nitrogens with one attached hydrogen (secondary N) is 1. The van der Waals surface area contributed by atoms with Crippen LogP contribution in [0.15, 0.2) is 24.3 Å². The summed E-state index contributed by atoms with van der Waals surface area (Å²) in [5.74, 6) is -0.0967. The van der Waals surface area contributed by atoms with Crippen LogP contribution in [-0.2, 0) is 16.0 Å². The molecular weight excluding hydrogens is 202 g/mol. The second kappa shape index (κ2) is 6.05. The van der Waals surface area contributed by atoms with Crippen molar-refractivity contribution in [3.63, 3.8) is 0 Å². The van der Waals surface area contributed by atoms with Crippen molar-refractivity contribution >= 4 is 11.7 Å². The Morgan fingerprint density at radius 2 is 2.06 bits per heavy atom. The first-order valence-electron chi connectivity index (χ1n) is 5.39. The Kier molecular flexibility index (Phi) is 4.70. The molecular formula is C13H17NO2. The lowest BCUT2D eigenvalue weighted by atomic mass is 10.1. The van der Waals surface area contributed by atoms with Crippen molar-refractivity contribution in [1.82, 2.24) is 5.32 Å². The smallest absolute Gasteiger partial charge is 0.220 e. The maximum atomic E-state index is 11.3. The van der Waals surface area contributed by atoms with Crippen molar-refractivity contribution in [2.75, 3.05) is 6.54 Å². The SMILES string of the molecule is CC(=O)CNC(=O)CCc1cccc(C)c1. The molecule has 0 aliphatic heterocycles. The van der Waals surface area contributed by atoms with Crippen LogP contribution in [0.5, 0.6) is 0 Å². The summed E-state index contributed by atoms with van der Waals surface area (Å²) in [6.07, 6.45) is 1.14. The Hall–Kier alpha value is -1.64. The van der Waals surface area contributed by atoms with Gasteiger partial charge < -0.3 is 5.32 Å². The van der Waals surface area contributed by atoms with Crippen LogP contribution in [0, 0.1) is 6.92 Å². The summed E-state index contributed by atoms with van der Waals surface area (Å²) in [6.45, 7) is 3.62. The van der Waals surface area contributed by atoms with Gasteiger partial charge in [-0.3, -0.25) is 9.59 Å². The lowest BCUT2D eigenvalue weighted by Gasteiger charge is -2.03. The Morgan fingerprint density at radius 1 is 1.31 bits per heavy atom. The van der Waals surface area contributed by atoms with E-state index in [1.807, 2.05) is 25.1 Å². The number of Topliss-reactive ketones (excluding diaryl/α,β-unsaturated/α-hetero) is 1. The summed E-state index contributed by atoms with van der Waals surface area (Å²) in [7, 11) is 0. The summed E-state index contributed by atoms with van der Waals surface area (Å²) in [5.41, 5.74) is 2.35. The van der Waals surface area contributed by atoms with Crippen molar-refractivity contribution < 1.29 is 9.59 Å². The Balaban J connectivity index is 2.34. The maximum Gasteiger partial charge on any atom is 0.220 e. The molecule has 0 saturated carbocycles. The van der Waals surface area contributed by atoms with Gasteiger partial charge in [-0.05, 0) is 25.8 Å². The van der Waals surface area contributed by atoms with Gasteiger partial charge in [0.05, 0.1) is 6.54 Å². The molecule has 0 fully saturated rings. The zero-order valence-corrected chi connectivity index (χ0v) is 9.75. The topological polar surface area (TPSA) is 46.2 Å². The fourth-order valence-electron chi connectivity index (χ4n) is 1.44. The van der Waals surface area contributed by atoms with Gasteiger partial charge in [0, 0.05) is 6.42 Å². The van der Waals surface area contributed by atoms with Crippen LogP contribution in [-0.4, -0.2) is 18.2 Å². The number of aryl methyl sites for hydroxylation is 2. The predicted molar refractivity (Wildman–Crippen MR) is 63.2 cm³/mol. The van der Waals surface area contributed by atoms with Gasteiger partial charge in [0.25, 0.3) is 0 Å². The van der Waals surface area contributed by atoms with Crippen molar-refractivity contribution in [3.8, 4) is 0 Å². The summed E-state index contributed by atoms with van der Waals surface area (Å²) < 4.78 is 0. The molecule has 3 heteroatoms. The van der Waals surface area contributed by atoms with Crippen LogP contribution in [0.1, 0.15) is 24.5 Å². The van der Waals surface area contributed by atoms with Gasteiger partial charge in [0.15, 0.2) is 0 Å². The van der Waals surface area contributed by atoms with E-state index >= 15 is 0 Å². The summed E-state index contributed by atoms with van der Waals surface area (Å²) in [5, 5.41) is 2.58. The van der Waals surface area contributed by atoms with Crippen molar-refractivity contribution in [3.05, 3.63) is 35.4 Å². The number of hydrogen-bond acceptors (Lipinski definition) is 2. The molecule has 0 aliphatic rings. The maximum absolute atomic E-state index is 11.3. The highest BCUT2D eigenvalue weighted by Gasteiger charge is 2.02. The van der Waals surface area contributed by atoms with E-state index in [-0.39, 0.29) is 18.2 Å². The van der Waals surface area contributed by atoms with Crippen LogP contribution in [0.3, 0.4) is 0 Å². The average Bonchev–Trinajstić information content (AvgIpc) is 2.23. The Labute approximate surface area is 95.9 Å². The van der Waals surface area contributed by atoms with Crippen LogP contribution in [0.2, 0.25) is 0 Å². The van der Waals surface area contributed by atoms with Crippen molar-refractivity contribution in [2.45, 2.75) is 26.7 Å². The molecule has 0 heterocycles. The highest BCUT2D eigenvalue weighted by molar-refractivity contribution is 5.84. The molecule has 3 nitrogen and oxygen atoms in total. The second-order valence-corrected chi connectivity index (χ2v) is 3.97. The highest BCUT2D eigenvalue weighted by atomic mass is 16.2. The van der Waals surface area contributed by atoms with Gasteiger partial charge in [-0.25, -0.2) is 0 Å². The van der Waals surface area contributed by atoms with E-state index in [1.54, 1.807) is 0 Å². The molecule has 16 heavy (non-hydrogen) atoms. The third kappa shape index (κ3) is 4.73. The van der Waals surface area contributed by atoms with Crippen molar-refractivity contribution in [2.24, 2.45) is 0 Å². The van der Waals surface area contributed by atoms with Crippen LogP contribution >= 0.6 is 0 Å². The molecule has 0 bridgehead atoms. The first-order chi connectivity index (χ1) is 7.58. The quantitative estimate of drug-likeness (QED) is 0.818. The number of amides is 1. The molecule has 0 atom stereocenters. The number of rotatable bonds is 5. The number of benzene rings is 1. The summed E-state index contributed by atoms with van der Waals surface area (Å²) >= 11 is 0. The molecule has 0 aliphatic carbocycles. The molecule has 0 radical (unpaired) electrons. The number of carbonyl (C=O) groups excluding carboxylic acids is 2. The molecule has 1 aromatic carbocycles. The minimum Gasteiger partial charge on any atom is -0.349 e. The predicted octanol–water partition coefficient (Wildman–Crippen LogP) is 1.63. The second-order valence-electron chi connectivity index (χ2n) is 3.97. The highest BCUT2D eigenvalue weighted by Crippen LogP contribution is 2.06. The largest absolute Gasteiger partial charge is 0.349 e. The van der Waals surface area contributed by atoms with Gasteiger partial charge in [0.2, 0.25) is 5.91 Å². The fourth-order valence-corrected chi connectivity index (χ4v) is 1.44.